The third-order valence-electron chi connectivity index (χ3n) is 4.53. The molecule has 0 radical (unpaired) electrons. The summed E-state index contributed by atoms with van der Waals surface area (Å²) in [4.78, 5) is 25.0. The lowest BCUT2D eigenvalue weighted by molar-refractivity contribution is -0.149. The van der Waals surface area contributed by atoms with Crippen molar-refractivity contribution in [2.24, 2.45) is 5.41 Å². The van der Waals surface area contributed by atoms with Crippen molar-refractivity contribution in [1.82, 2.24) is 0 Å². The predicted molar refractivity (Wildman–Crippen MR) is 97.7 cm³/mol. The number of hydrogen-bond acceptors (Lipinski definition) is 4. The summed E-state index contributed by atoms with van der Waals surface area (Å²) in [5.41, 5.74) is 0.880. The lowest BCUT2D eigenvalue weighted by atomic mass is 9.92. The molecule has 0 atom stereocenters. The number of anilines is 2. The minimum atomic E-state index is -0.866. The third-order valence-corrected chi connectivity index (χ3v) is 4.53. The second kappa shape index (κ2) is 7.54. The Labute approximate surface area is 149 Å². The van der Waals surface area contributed by atoms with Gasteiger partial charge in [0, 0.05) is 50.0 Å². The first-order chi connectivity index (χ1) is 11.7. The van der Waals surface area contributed by atoms with E-state index >= 15 is 0 Å². The molecule has 6 nitrogen and oxygen atoms in total. The number of aryl methyl sites for hydroxylation is 1. The number of nitrogens with one attached hydrogen (secondary N) is 2. The summed E-state index contributed by atoms with van der Waals surface area (Å²) < 4.78 is 10.9. The van der Waals surface area contributed by atoms with E-state index in [1.807, 2.05) is 39.8 Å². The Kier molecular flexibility index (Phi) is 5.85. The van der Waals surface area contributed by atoms with E-state index in [0.717, 1.165) is 5.56 Å². The molecule has 0 unspecified atom stereocenters. The minimum absolute atomic E-state index is 0.0774. The van der Waals surface area contributed by atoms with Crippen LogP contribution < -0.4 is 10.6 Å². The molecule has 1 fully saturated rings. The van der Waals surface area contributed by atoms with Crippen LogP contribution in [-0.2, 0) is 19.1 Å². The van der Waals surface area contributed by atoms with Crippen LogP contribution in [0.15, 0.2) is 18.2 Å². The molecule has 2 rings (SSSR count). The summed E-state index contributed by atoms with van der Waals surface area (Å²) in [7, 11) is 1.55. The number of carbonyl (C=O) groups excluding carboxylic acids is 2. The minimum Gasteiger partial charge on any atom is -0.381 e. The van der Waals surface area contributed by atoms with Crippen molar-refractivity contribution in [3.63, 3.8) is 0 Å². The van der Waals surface area contributed by atoms with E-state index in [9.17, 15) is 9.59 Å². The lowest BCUT2D eigenvalue weighted by Gasteiger charge is -2.34. The Morgan fingerprint density at radius 2 is 1.80 bits per heavy atom. The van der Waals surface area contributed by atoms with Gasteiger partial charge in [0.1, 0.15) is 0 Å². The average molecular weight is 348 g/mol. The van der Waals surface area contributed by atoms with Gasteiger partial charge in [0.25, 0.3) is 5.91 Å². The number of amides is 2. The van der Waals surface area contributed by atoms with E-state index in [0.29, 0.717) is 37.4 Å². The summed E-state index contributed by atoms with van der Waals surface area (Å²) in [6, 6.07) is 5.48. The van der Waals surface area contributed by atoms with Crippen molar-refractivity contribution in [3.05, 3.63) is 23.8 Å². The lowest BCUT2D eigenvalue weighted by Crippen LogP contribution is -2.48. The Morgan fingerprint density at radius 3 is 2.36 bits per heavy atom. The van der Waals surface area contributed by atoms with Crippen molar-refractivity contribution in [1.29, 1.82) is 0 Å². The number of hydrogen-bond donors (Lipinski definition) is 2. The molecule has 0 saturated carbocycles. The van der Waals surface area contributed by atoms with Crippen molar-refractivity contribution in [2.45, 2.75) is 46.1 Å². The highest BCUT2D eigenvalue weighted by atomic mass is 16.5. The zero-order valence-corrected chi connectivity index (χ0v) is 15.7. The number of ether oxygens (including phenoxy) is 2. The highest BCUT2D eigenvalue weighted by Gasteiger charge is 2.40. The Bertz CT molecular complexity index is 643. The molecule has 1 aliphatic heterocycles. The van der Waals surface area contributed by atoms with E-state index in [1.54, 1.807) is 13.2 Å². The van der Waals surface area contributed by atoms with Gasteiger partial charge in [-0.15, -0.1) is 0 Å². The highest BCUT2D eigenvalue weighted by molar-refractivity contribution is 5.99. The summed E-state index contributed by atoms with van der Waals surface area (Å²) in [6.45, 7) is 8.48. The first-order valence-corrected chi connectivity index (χ1v) is 8.54. The maximum absolute atomic E-state index is 12.8. The summed E-state index contributed by atoms with van der Waals surface area (Å²) in [5.74, 6) is -0.257. The highest BCUT2D eigenvalue weighted by Crippen LogP contribution is 2.28. The Balaban J connectivity index is 2.17. The van der Waals surface area contributed by atoms with E-state index in [1.165, 1.54) is 0 Å². The summed E-state index contributed by atoms with van der Waals surface area (Å²) in [5, 5.41) is 5.84. The van der Waals surface area contributed by atoms with Crippen LogP contribution in [0.25, 0.3) is 0 Å². The van der Waals surface area contributed by atoms with Crippen LogP contribution in [0.4, 0.5) is 11.4 Å². The molecule has 25 heavy (non-hydrogen) atoms. The van der Waals surface area contributed by atoms with Crippen molar-refractivity contribution >= 4 is 23.2 Å². The normalized spacial score (nSPS) is 17.0. The van der Waals surface area contributed by atoms with Crippen LogP contribution in [0.1, 0.15) is 39.2 Å². The fraction of sp³-hybridized carbons (Fsp3) is 0.579. The van der Waals surface area contributed by atoms with E-state index in [2.05, 4.69) is 10.6 Å². The zero-order valence-electron chi connectivity index (χ0n) is 15.7. The van der Waals surface area contributed by atoms with Crippen molar-refractivity contribution in [2.75, 3.05) is 31.0 Å². The number of rotatable bonds is 4. The molecule has 138 valence electrons. The van der Waals surface area contributed by atoms with Crippen LogP contribution in [0.3, 0.4) is 0 Å². The van der Waals surface area contributed by atoms with Crippen LogP contribution in [0.5, 0.6) is 0 Å². The van der Waals surface area contributed by atoms with Gasteiger partial charge in [0.2, 0.25) is 5.91 Å². The van der Waals surface area contributed by atoms with Crippen molar-refractivity contribution in [3.8, 4) is 0 Å². The molecule has 0 aliphatic carbocycles. The van der Waals surface area contributed by atoms with Gasteiger partial charge in [-0.1, -0.05) is 26.8 Å². The second-order valence-corrected chi connectivity index (χ2v) is 7.50. The molecular formula is C19H28N2O4. The first-order valence-electron chi connectivity index (χ1n) is 8.54. The monoisotopic (exact) mass is 348 g/mol. The SMILES string of the molecule is COC1(C(=O)Nc2cc(NC(=O)C(C)(C)C)ccc2C)CCOCC1. The second-order valence-electron chi connectivity index (χ2n) is 7.50. The number of benzene rings is 1. The molecule has 1 aromatic rings. The standard InChI is InChI=1S/C19H28N2O4/c1-13-6-7-14(20-16(22)18(2,3)4)12-15(13)21-17(23)19(24-5)8-10-25-11-9-19/h6-7,12H,8-11H2,1-5H3,(H,20,22)(H,21,23). The molecule has 2 N–H and O–H groups in total. The summed E-state index contributed by atoms with van der Waals surface area (Å²) in [6.07, 6.45) is 1.05. The number of carbonyl (C=O) groups is 2. The molecule has 1 aromatic carbocycles. The smallest absolute Gasteiger partial charge is 0.256 e. The van der Waals surface area contributed by atoms with Crippen LogP contribution in [-0.4, -0.2) is 37.7 Å². The zero-order chi connectivity index (χ0) is 18.7. The van der Waals surface area contributed by atoms with E-state index in [-0.39, 0.29) is 11.8 Å². The van der Waals surface area contributed by atoms with Crippen LogP contribution >= 0.6 is 0 Å². The maximum atomic E-state index is 12.8. The fourth-order valence-corrected chi connectivity index (χ4v) is 2.61. The molecule has 1 heterocycles. The predicted octanol–water partition coefficient (Wildman–Crippen LogP) is 3.11. The molecule has 6 heteroatoms. The fourth-order valence-electron chi connectivity index (χ4n) is 2.61. The summed E-state index contributed by atoms with van der Waals surface area (Å²) >= 11 is 0. The van der Waals surface area contributed by atoms with Crippen molar-refractivity contribution < 1.29 is 19.1 Å². The Morgan fingerprint density at radius 1 is 1.16 bits per heavy atom. The largest absolute Gasteiger partial charge is 0.381 e. The van der Waals surface area contributed by atoms with Gasteiger partial charge in [0.05, 0.1) is 0 Å². The average Bonchev–Trinajstić information content (AvgIpc) is 2.57. The van der Waals surface area contributed by atoms with Gasteiger partial charge in [0.15, 0.2) is 5.60 Å². The van der Waals surface area contributed by atoms with E-state index in [4.69, 9.17) is 9.47 Å². The maximum Gasteiger partial charge on any atom is 0.256 e. The van der Waals surface area contributed by atoms with E-state index < -0.39 is 11.0 Å². The molecule has 0 spiro atoms. The van der Waals surface area contributed by atoms with Gasteiger partial charge in [-0.25, -0.2) is 0 Å². The molecule has 0 aromatic heterocycles. The number of methoxy groups -OCH3 is 1. The molecular weight excluding hydrogens is 320 g/mol. The molecule has 1 saturated heterocycles. The van der Waals surface area contributed by atoms with Gasteiger partial charge < -0.3 is 20.1 Å². The van der Waals surface area contributed by atoms with Gasteiger partial charge in [-0.3, -0.25) is 9.59 Å². The molecule has 2 amide bonds. The topological polar surface area (TPSA) is 76.7 Å². The van der Waals surface area contributed by atoms with Crippen LogP contribution in [0, 0.1) is 12.3 Å². The third kappa shape index (κ3) is 4.58. The Hall–Kier alpha value is -1.92. The molecule has 1 aliphatic rings. The first kappa shape index (κ1) is 19.4. The van der Waals surface area contributed by atoms with Crippen LogP contribution in [0.2, 0.25) is 0 Å². The van der Waals surface area contributed by atoms with Gasteiger partial charge in [-0.2, -0.15) is 0 Å². The van der Waals surface area contributed by atoms with Gasteiger partial charge in [-0.05, 0) is 24.6 Å². The quantitative estimate of drug-likeness (QED) is 0.876. The molecule has 0 bridgehead atoms. The van der Waals surface area contributed by atoms with Gasteiger partial charge >= 0.3 is 0 Å².